The van der Waals surface area contributed by atoms with Crippen LogP contribution in [-0.2, 0) is 17.7 Å². The molecule has 4 aromatic rings. The van der Waals surface area contributed by atoms with Crippen molar-refractivity contribution in [2.75, 3.05) is 31.2 Å². The van der Waals surface area contributed by atoms with Gasteiger partial charge in [-0.25, -0.2) is 9.97 Å². The molecule has 1 aliphatic heterocycles. The van der Waals surface area contributed by atoms with Crippen molar-refractivity contribution in [1.29, 1.82) is 0 Å². The number of nitrogens with one attached hydrogen (secondary N) is 2. The molecule has 9 heteroatoms. The van der Waals surface area contributed by atoms with Gasteiger partial charge in [0.25, 0.3) is 11.5 Å². The van der Waals surface area contributed by atoms with E-state index in [4.69, 9.17) is 14.7 Å². The van der Waals surface area contributed by atoms with Gasteiger partial charge >= 0.3 is 0 Å². The molecule has 0 radical (unpaired) electrons. The third-order valence-electron chi connectivity index (χ3n) is 6.97. The Morgan fingerprint density at radius 3 is 2.68 bits per heavy atom. The molecule has 38 heavy (non-hydrogen) atoms. The Morgan fingerprint density at radius 1 is 1.18 bits per heavy atom. The molecule has 0 spiro atoms. The van der Waals surface area contributed by atoms with E-state index in [0.29, 0.717) is 24.3 Å². The van der Waals surface area contributed by atoms with Crippen LogP contribution >= 0.6 is 11.3 Å². The number of fused-ring (bicyclic) bond motifs is 1. The minimum Gasteiger partial charge on any atom is -0.378 e. The zero-order valence-electron chi connectivity index (χ0n) is 22.3. The number of carbonyl (C=O) groups is 1. The summed E-state index contributed by atoms with van der Waals surface area (Å²) in [5, 5.41) is 3.94. The second-order valence-electron chi connectivity index (χ2n) is 9.73. The van der Waals surface area contributed by atoms with Crippen molar-refractivity contribution in [3.8, 4) is 11.1 Å². The van der Waals surface area contributed by atoms with Crippen LogP contribution in [0.25, 0.3) is 21.3 Å². The lowest BCUT2D eigenvalue weighted by atomic mass is 9.98. The molecule has 8 nitrogen and oxygen atoms in total. The van der Waals surface area contributed by atoms with E-state index in [1.165, 1.54) is 0 Å². The van der Waals surface area contributed by atoms with Crippen molar-refractivity contribution in [2.24, 2.45) is 0 Å². The summed E-state index contributed by atoms with van der Waals surface area (Å²) in [7, 11) is 0. The third-order valence-corrected chi connectivity index (χ3v) is 7.98. The van der Waals surface area contributed by atoms with Crippen molar-refractivity contribution in [3.05, 3.63) is 73.8 Å². The Hall–Kier alpha value is -3.56. The lowest BCUT2D eigenvalue weighted by Crippen LogP contribution is -2.36. The van der Waals surface area contributed by atoms with Crippen LogP contribution in [0.2, 0.25) is 0 Å². The highest BCUT2D eigenvalue weighted by Gasteiger charge is 2.20. The van der Waals surface area contributed by atoms with Crippen molar-refractivity contribution < 1.29 is 9.53 Å². The Morgan fingerprint density at radius 2 is 1.97 bits per heavy atom. The van der Waals surface area contributed by atoms with Crippen LogP contribution in [0, 0.1) is 20.8 Å². The Kier molecular flexibility index (Phi) is 7.58. The predicted molar refractivity (Wildman–Crippen MR) is 152 cm³/mol. The molecule has 2 N–H and O–H groups in total. The van der Waals surface area contributed by atoms with Gasteiger partial charge in [0.15, 0.2) is 0 Å². The van der Waals surface area contributed by atoms with Crippen LogP contribution in [0.4, 0.5) is 5.82 Å². The summed E-state index contributed by atoms with van der Waals surface area (Å²) in [4.78, 5) is 40.7. The van der Waals surface area contributed by atoms with Gasteiger partial charge in [0.1, 0.15) is 5.82 Å². The van der Waals surface area contributed by atoms with E-state index < -0.39 is 0 Å². The molecule has 5 rings (SSSR count). The summed E-state index contributed by atoms with van der Waals surface area (Å²) in [5.41, 5.74) is 6.33. The average molecular weight is 532 g/mol. The molecule has 1 aromatic carbocycles. The van der Waals surface area contributed by atoms with Crippen LogP contribution in [0.15, 0.2) is 35.3 Å². The number of rotatable bonds is 7. The number of H-pyrrole nitrogens is 1. The van der Waals surface area contributed by atoms with E-state index in [0.717, 1.165) is 74.9 Å². The summed E-state index contributed by atoms with van der Waals surface area (Å²) in [6, 6.07) is 8.01. The number of hydrogen-bond donors (Lipinski definition) is 2. The molecular formula is C29H33N5O3S. The summed E-state index contributed by atoms with van der Waals surface area (Å²) in [5.74, 6) is 0.696. The molecule has 0 bridgehead atoms. The fraction of sp³-hybridized carbons (Fsp3) is 0.379. The van der Waals surface area contributed by atoms with Gasteiger partial charge < -0.3 is 19.9 Å². The normalized spacial score (nSPS) is 13.7. The first kappa shape index (κ1) is 26.1. The van der Waals surface area contributed by atoms with Crippen LogP contribution in [0.5, 0.6) is 0 Å². The van der Waals surface area contributed by atoms with E-state index in [2.05, 4.69) is 28.2 Å². The number of hydrogen-bond acceptors (Lipinski definition) is 7. The number of anilines is 1. The molecule has 1 aliphatic rings. The third kappa shape index (κ3) is 5.21. The van der Waals surface area contributed by atoms with Gasteiger partial charge in [-0.1, -0.05) is 13.3 Å². The number of thiazole rings is 1. The number of pyridine rings is 2. The molecule has 4 heterocycles. The summed E-state index contributed by atoms with van der Waals surface area (Å²) < 4.78 is 6.50. The highest BCUT2D eigenvalue weighted by molar-refractivity contribution is 7.19. The van der Waals surface area contributed by atoms with Gasteiger partial charge in [-0.05, 0) is 62.6 Å². The standard InChI is InChI=1S/C29H33N5O3S/c1-5-6-20-13-17(2)32-29(36)24(20)16-31-28(35)22-14-23(27-26(18(22)3)33-19(4)38-27)21-7-8-25(30-15-21)34-9-11-37-12-10-34/h7-8,13-15H,5-6,9-12,16H2,1-4H3,(H,31,35)(H,32,36). The fourth-order valence-electron chi connectivity index (χ4n) is 5.02. The number of aromatic nitrogens is 3. The maximum Gasteiger partial charge on any atom is 0.253 e. The number of benzene rings is 1. The number of aryl methyl sites for hydroxylation is 4. The zero-order chi connectivity index (χ0) is 26.8. The fourth-order valence-corrected chi connectivity index (χ4v) is 6.03. The first-order valence-electron chi connectivity index (χ1n) is 13.1. The number of aromatic amines is 1. The lowest BCUT2D eigenvalue weighted by molar-refractivity contribution is 0.0950. The predicted octanol–water partition coefficient (Wildman–Crippen LogP) is 4.69. The van der Waals surface area contributed by atoms with Crippen LogP contribution < -0.4 is 15.8 Å². The first-order chi connectivity index (χ1) is 18.4. The zero-order valence-corrected chi connectivity index (χ0v) is 23.1. The molecule has 1 amide bonds. The first-order valence-corrected chi connectivity index (χ1v) is 13.9. The van der Waals surface area contributed by atoms with Crippen molar-refractivity contribution in [3.63, 3.8) is 0 Å². The highest BCUT2D eigenvalue weighted by Crippen LogP contribution is 2.37. The average Bonchev–Trinajstić information content (AvgIpc) is 3.31. The quantitative estimate of drug-likeness (QED) is 0.359. The van der Waals surface area contributed by atoms with E-state index in [1.807, 2.05) is 45.2 Å². The van der Waals surface area contributed by atoms with E-state index in [9.17, 15) is 9.59 Å². The molecule has 3 aromatic heterocycles. The van der Waals surface area contributed by atoms with Crippen LogP contribution in [0.1, 0.15) is 51.1 Å². The van der Waals surface area contributed by atoms with Gasteiger partial charge in [-0.15, -0.1) is 11.3 Å². The van der Waals surface area contributed by atoms with Crippen molar-refractivity contribution in [2.45, 2.75) is 47.1 Å². The van der Waals surface area contributed by atoms with Crippen molar-refractivity contribution in [1.82, 2.24) is 20.3 Å². The Labute approximate surface area is 226 Å². The lowest BCUT2D eigenvalue weighted by Gasteiger charge is -2.27. The van der Waals surface area contributed by atoms with Gasteiger partial charge in [0, 0.05) is 53.8 Å². The molecule has 1 fully saturated rings. The molecule has 198 valence electrons. The smallest absolute Gasteiger partial charge is 0.253 e. The second kappa shape index (κ2) is 11.0. The number of nitrogens with zero attached hydrogens (tertiary/aromatic N) is 3. The summed E-state index contributed by atoms with van der Waals surface area (Å²) in [6.07, 6.45) is 3.58. The maximum atomic E-state index is 13.5. The highest BCUT2D eigenvalue weighted by atomic mass is 32.1. The molecule has 0 saturated carbocycles. The monoisotopic (exact) mass is 531 g/mol. The van der Waals surface area contributed by atoms with E-state index in [-0.39, 0.29) is 18.0 Å². The molecule has 1 saturated heterocycles. The van der Waals surface area contributed by atoms with Gasteiger partial charge in [0.05, 0.1) is 28.4 Å². The van der Waals surface area contributed by atoms with Crippen LogP contribution in [0.3, 0.4) is 0 Å². The topological polar surface area (TPSA) is 100 Å². The van der Waals surface area contributed by atoms with Gasteiger partial charge in [0.2, 0.25) is 0 Å². The second-order valence-corrected chi connectivity index (χ2v) is 10.9. The number of amides is 1. The molecule has 0 aliphatic carbocycles. The SMILES string of the molecule is CCCc1cc(C)[nH]c(=O)c1CNC(=O)c1cc(-c2ccc(N3CCOCC3)nc2)c2sc(C)nc2c1C. The molecule has 0 unspecified atom stereocenters. The minimum absolute atomic E-state index is 0.150. The Balaban J connectivity index is 1.48. The largest absolute Gasteiger partial charge is 0.378 e. The summed E-state index contributed by atoms with van der Waals surface area (Å²) in [6.45, 7) is 11.1. The van der Waals surface area contributed by atoms with Gasteiger partial charge in [-0.2, -0.15) is 0 Å². The Bertz CT molecular complexity index is 1530. The van der Waals surface area contributed by atoms with Gasteiger partial charge in [-0.3, -0.25) is 9.59 Å². The number of ether oxygens (including phenoxy) is 1. The number of morpholine rings is 1. The molecular weight excluding hydrogens is 498 g/mol. The van der Waals surface area contributed by atoms with E-state index in [1.54, 1.807) is 11.3 Å². The van der Waals surface area contributed by atoms with Crippen LogP contribution in [-0.4, -0.2) is 47.2 Å². The summed E-state index contributed by atoms with van der Waals surface area (Å²) >= 11 is 1.62. The van der Waals surface area contributed by atoms with Crippen molar-refractivity contribution >= 4 is 33.3 Å². The number of carbonyl (C=O) groups excluding carboxylic acids is 1. The minimum atomic E-state index is -0.225. The molecule has 0 atom stereocenters. The van der Waals surface area contributed by atoms with E-state index >= 15 is 0 Å². The maximum absolute atomic E-state index is 13.5.